The normalized spacial score (nSPS) is 10.2. The van der Waals surface area contributed by atoms with Crippen molar-refractivity contribution in [3.63, 3.8) is 0 Å². The maximum Gasteiger partial charge on any atom is 0.311 e. The predicted octanol–water partition coefficient (Wildman–Crippen LogP) is 5.10. The molecule has 0 unspecified atom stereocenters. The van der Waals surface area contributed by atoms with E-state index in [2.05, 4.69) is 24.4 Å². The highest BCUT2D eigenvalue weighted by atomic mass is 32.1. The minimum absolute atomic E-state index is 0.0209. The van der Waals surface area contributed by atoms with Gasteiger partial charge >= 0.3 is 11.4 Å². The Kier molecular flexibility index (Phi) is 5.90. The summed E-state index contributed by atoms with van der Waals surface area (Å²) in [6.45, 7) is 0. The number of furan rings is 1. The van der Waals surface area contributed by atoms with E-state index in [1.165, 1.54) is 36.4 Å². The van der Waals surface area contributed by atoms with Crippen LogP contribution in [0.1, 0.15) is 0 Å². The van der Waals surface area contributed by atoms with Crippen LogP contribution in [-0.4, -0.2) is 21.0 Å². The minimum Gasteiger partial charge on any atom is -0.456 e. The topological polar surface area (TPSA) is 118 Å². The lowest BCUT2D eigenvalue weighted by Gasteiger charge is -2.05. The van der Waals surface area contributed by atoms with Gasteiger partial charge in [-0.1, -0.05) is 0 Å². The van der Waals surface area contributed by atoms with Crippen LogP contribution in [-0.2, 0) is 0 Å². The number of benzene rings is 2. The first-order chi connectivity index (χ1) is 13.9. The third kappa shape index (κ3) is 4.25. The van der Waals surface area contributed by atoms with E-state index >= 15 is 0 Å². The fourth-order valence-electron chi connectivity index (χ4n) is 2.58. The van der Waals surface area contributed by atoms with Gasteiger partial charge in [-0.25, -0.2) is 0 Å². The lowest BCUT2D eigenvalue weighted by molar-refractivity contribution is -0.385. The van der Waals surface area contributed by atoms with Crippen molar-refractivity contribution in [2.24, 2.45) is 0 Å². The smallest absolute Gasteiger partial charge is 0.311 e. The second kappa shape index (κ2) is 8.54. The quantitative estimate of drug-likeness (QED) is 0.273. The average molecular weight is 430 g/mol. The van der Waals surface area contributed by atoms with Gasteiger partial charge in [0.15, 0.2) is 11.1 Å². The molecule has 0 aliphatic heterocycles. The van der Waals surface area contributed by atoms with E-state index in [9.17, 15) is 20.2 Å². The van der Waals surface area contributed by atoms with Gasteiger partial charge in [-0.15, -0.1) is 0 Å². The first kappa shape index (κ1) is 20.0. The number of hydrogen-bond donors (Lipinski definition) is 0. The number of hydrogen-bond acceptors (Lipinski definition) is 9. The second-order valence-corrected chi connectivity index (χ2v) is 5.86. The molecule has 0 amide bonds. The number of nitro groups is 2. The Balaban J connectivity index is 1.99. The van der Waals surface area contributed by atoms with Gasteiger partial charge in [0.25, 0.3) is 0 Å². The summed E-state index contributed by atoms with van der Waals surface area (Å²) in [5.41, 5.74) is 2.41. The first-order valence-corrected chi connectivity index (χ1v) is 8.77. The standard InChI is InChI=1S/C18H10N2O7S2/c21-19(22)13-3-1-11(7-17(13)25-9-28)15-5-6-16(27-15)12-2-4-14(20(23)24)18(8-12)26-10-29/h1-10H. The van der Waals surface area contributed by atoms with Gasteiger partial charge in [0.2, 0.25) is 11.5 Å². The molecule has 9 nitrogen and oxygen atoms in total. The van der Waals surface area contributed by atoms with Crippen molar-refractivity contribution in [2.45, 2.75) is 0 Å². The van der Waals surface area contributed by atoms with Crippen LogP contribution >= 0.6 is 24.4 Å². The molecule has 2 aromatic carbocycles. The van der Waals surface area contributed by atoms with Crippen LogP contribution in [0, 0.1) is 20.2 Å². The van der Waals surface area contributed by atoms with Crippen molar-refractivity contribution in [1.82, 2.24) is 0 Å². The Labute approximate surface area is 173 Å². The van der Waals surface area contributed by atoms with E-state index in [1.54, 1.807) is 12.1 Å². The molecule has 0 fully saturated rings. The molecule has 0 N–H and O–H groups in total. The molecule has 0 atom stereocenters. The van der Waals surface area contributed by atoms with E-state index in [-0.39, 0.29) is 22.9 Å². The molecule has 0 bridgehead atoms. The molecule has 11 heteroatoms. The van der Waals surface area contributed by atoms with Crippen LogP contribution < -0.4 is 9.47 Å². The molecule has 3 rings (SSSR count). The van der Waals surface area contributed by atoms with Gasteiger partial charge in [-0.05, 0) is 60.8 Å². The summed E-state index contributed by atoms with van der Waals surface area (Å²) in [6.07, 6.45) is 0. The van der Waals surface area contributed by atoms with Crippen LogP contribution in [0.2, 0.25) is 0 Å². The lowest BCUT2D eigenvalue weighted by Crippen LogP contribution is -1.95. The van der Waals surface area contributed by atoms with Crippen LogP contribution in [0.25, 0.3) is 22.6 Å². The average Bonchev–Trinajstić information content (AvgIpc) is 3.18. The molecule has 146 valence electrons. The summed E-state index contributed by atoms with van der Waals surface area (Å²) in [5, 5.41) is 22.2. The summed E-state index contributed by atoms with van der Waals surface area (Å²) < 4.78 is 15.9. The summed E-state index contributed by atoms with van der Waals surface area (Å²) in [5.74, 6) is 0.763. The zero-order chi connectivity index (χ0) is 21.0. The fraction of sp³-hybridized carbons (Fsp3) is 0. The summed E-state index contributed by atoms with van der Waals surface area (Å²) >= 11 is 9.22. The SMILES string of the molecule is O=[N+]([O-])c1ccc(-c2ccc(-c3ccc([N+](=O)[O-])c(OC=S)c3)o2)cc1OC=S. The monoisotopic (exact) mass is 430 g/mol. The highest BCUT2D eigenvalue weighted by Crippen LogP contribution is 2.37. The van der Waals surface area contributed by atoms with E-state index in [4.69, 9.17) is 13.9 Å². The van der Waals surface area contributed by atoms with Gasteiger partial charge in [-0.3, -0.25) is 20.2 Å². The van der Waals surface area contributed by atoms with Crippen molar-refractivity contribution in [2.75, 3.05) is 0 Å². The van der Waals surface area contributed by atoms with Crippen molar-refractivity contribution in [1.29, 1.82) is 0 Å². The van der Waals surface area contributed by atoms with Gasteiger partial charge < -0.3 is 13.9 Å². The third-order valence-electron chi connectivity index (χ3n) is 3.84. The molecule has 0 aliphatic carbocycles. The fourth-order valence-corrected chi connectivity index (χ4v) is 2.78. The van der Waals surface area contributed by atoms with E-state index in [1.807, 2.05) is 0 Å². The largest absolute Gasteiger partial charge is 0.456 e. The van der Waals surface area contributed by atoms with Crippen LogP contribution in [0.15, 0.2) is 52.9 Å². The van der Waals surface area contributed by atoms with Crippen molar-refractivity contribution in [3.8, 4) is 34.1 Å². The Morgan fingerprint density at radius 2 is 1.17 bits per heavy atom. The maximum absolute atomic E-state index is 11.1. The van der Waals surface area contributed by atoms with Crippen LogP contribution in [0.5, 0.6) is 11.5 Å². The van der Waals surface area contributed by atoms with Gasteiger partial charge in [0, 0.05) is 23.3 Å². The lowest BCUT2D eigenvalue weighted by atomic mass is 10.1. The highest BCUT2D eigenvalue weighted by molar-refractivity contribution is 7.78. The number of nitro benzene ring substituents is 2. The molecule has 1 heterocycles. The number of nitrogens with zero attached hydrogens (tertiary/aromatic N) is 2. The number of rotatable bonds is 8. The van der Waals surface area contributed by atoms with Crippen LogP contribution in [0.4, 0.5) is 11.4 Å². The molecule has 0 saturated carbocycles. The molecule has 0 saturated heterocycles. The molecule has 3 aromatic rings. The Morgan fingerprint density at radius 3 is 1.52 bits per heavy atom. The predicted molar refractivity (Wildman–Crippen MR) is 111 cm³/mol. The molecule has 0 radical (unpaired) electrons. The van der Waals surface area contributed by atoms with Crippen molar-refractivity contribution >= 4 is 46.9 Å². The molecule has 29 heavy (non-hydrogen) atoms. The molecule has 0 aliphatic rings. The number of ether oxygens (including phenoxy) is 2. The molecular formula is C18H10N2O7S2. The number of thiocarbonyl (C=S) groups is 2. The maximum atomic E-state index is 11.1. The van der Waals surface area contributed by atoms with Gasteiger partial charge in [0.05, 0.1) is 9.85 Å². The van der Waals surface area contributed by atoms with E-state index < -0.39 is 9.85 Å². The zero-order valence-electron chi connectivity index (χ0n) is 14.3. The van der Waals surface area contributed by atoms with Crippen LogP contribution in [0.3, 0.4) is 0 Å². The summed E-state index contributed by atoms with van der Waals surface area (Å²) in [4.78, 5) is 21.0. The highest BCUT2D eigenvalue weighted by Gasteiger charge is 2.19. The van der Waals surface area contributed by atoms with Gasteiger partial charge in [-0.2, -0.15) is 0 Å². The molecule has 1 aromatic heterocycles. The first-order valence-electron chi connectivity index (χ1n) is 7.82. The minimum atomic E-state index is -0.583. The zero-order valence-corrected chi connectivity index (χ0v) is 16.0. The molecule has 0 spiro atoms. The summed E-state index contributed by atoms with van der Waals surface area (Å²) in [7, 11) is 0. The van der Waals surface area contributed by atoms with Gasteiger partial charge in [0.1, 0.15) is 11.5 Å². The van der Waals surface area contributed by atoms with Crippen molar-refractivity contribution in [3.05, 3.63) is 68.8 Å². The Bertz CT molecular complexity index is 1040. The molecular weight excluding hydrogens is 420 g/mol. The third-order valence-corrected chi connectivity index (χ3v) is 4.03. The summed E-state index contributed by atoms with van der Waals surface area (Å²) in [6, 6.07) is 11.7. The van der Waals surface area contributed by atoms with E-state index in [0.29, 0.717) is 22.6 Å². The second-order valence-electron chi connectivity index (χ2n) is 5.47. The van der Waals surface area contributed by atoms with Crippen molar-refractivity contribution < 1.29 is 23.7 Å². The van der Waals surface area contributed by atoms with E-state index in [0.717, 1.165) is 11.1 Å². The Morgan fingerprint density at radius 1 is 0.759 bits per heavy atom. The Hall–Kier alpha value is -3.70.